The minimum absolute atomic E-state index is 0.0573. The van der Waals surface area contributed by atoms with Crippen molar-refractivity contribution < 1.29 is 19.6 Å². The topological polar surface area (TPSA) is 92.9 Å². The molecule has 0 amide bonds. The first-order valence-corrected chi connectivity index (χ1v) is 6.67. The number of aliphatic hydroxyl groups excluding tert-OH is 1. The van der Waals surface area contributed by atoms with Crippen molar-refractivity contribution in [3.63, 3.8) is 0 Å². The van der Waals surface area contributed by atoms with Crippen LogP contribution in [0.5, 0.6) is 0 Å². The number of hydrogen-bond donors (Lipinski definition) is 1. The first kappa shape index (κ1) is 15.4. The van der Waals surface area contributed by atoms with Crippen molar-refractivity contribution in [2.24, 2.45) is 0 Å². The van der Waals surface area contributed by atoms with Crippen LogP contribution in [0.3, 0.4) is 0 Å². The van der Waals surface area contributed by atoms with Crippen LogP contribution >= 0.6 is 0 Å². The second kappa shape index (κ2) is 6.19. The molecule has 1 heterocycles. The number of rotatable bonds is 4. The smallest absolute Gasteiger partial charge is 0.323 e. The van der Waals surface area contributed by atoms with Gasteiger partial charge in [-0.1, -0.05) is 12.1 Å². The van der Waals surface area contributed by atoms with Crippen LogP contribution in [0.15, 0.2) is 18.2 Å². The molecule has 0 radical (unpaired) electrons. The fourth-order valence-corrected chi connectivity index (χ4v) is 2.69. The zero-order valence-corrected chi connectivity index (χ0v) is 12.0. The second-order valence-corrected chi connectivity index (χ2v) is 5.18. The van der Waals surface area contributed by atoms with Crippen molar-refractivity contribution in [2.75, 3.05) is 13.7 Å². The molecule has 0 saturated carbocycles. The summed E-state index contributed by atoms with van der Waals surface area (Å²) in [6.07, 6.45) is -0.270. The molecule has 0 unspecified atom stereocenters. The molecule has 1 fully saturated rings. The van der Waals surface area contributed by atoms with Gasteiger partial charge < -0.3 is 9.84 Å². The number of ether oxygens (including phenoxy) is 1. The number of nitrogens with zero attached hydrogens (tertiary/aromatic N) is 2. The summed E-state index contributed by atoms with van der Waals surface area (Å²) in [5, 5.41) is 20.7. The minimum atomic E-state index is -0.590. The van der Waals surface area contributed by atoms with Crippen LogP contribution in [-0.4, -0.2) is 46.7 Å². The monoisotopic (exact) mass is 294 g/mol. The molecule has 7 heteroatoms. The van der Waals surface area contributed by atoms with E-state index in [9.17, 15) is 20.0 Å². The lowest BCUT2D eigenvalue weighted by atomic mass is 10.1. The maximum absolute atomic E-state index is 11.7. The van der Waals surface area contributed by atoms with E-state index in [1.54, 1.807) is 24.0 Å². The molecule has 2 atom stereocenters. The van der Waals surface area contributed by atoms with Gasteiger partial charge in [-0.05, 0) is 12.5 Å². The maximum atomic E-state index is 11.7. The Hall–Kier alpha value is -1.99. The number of carbonyl (C=O) groups is 1. The van der Waals surface area contributed by atoms with Crippen LogP contribution in [0.4, 0.5) is 5.69 Å². The van der Waals surface area contributed by atoms with Gasteiger partial charge >= 0.3 is 5.97 Å². The van der Waals surface area contributed by atoms with Gasteiger partial charge in [0.05, 0.1) is 18.1 Å². The lowest BCUT2D eigenvalue weighted by molar-refractivity contribution is -0.385. The molecular formula is C14H18N2O5. The Morgan fingerprint density at radius 3 is 2.90 bits per heavy atom. The molecule has 0 aromatic heterocycles. The lowest BCUT2D eigenvalue weighted by Crippen LogP contribution is -2.36. The van der Waals surface area contributed by atoms with Crippen LogP contribution in [0.2, 0.25) is 0 Å². The third-order valence-electron chi connectivity index (χ3n) is 3.84. The summed E-state index contributed by atoms with van der Waals surface area (Å²) in [4.78, 5) is 24.1. The van der Waals surface area contributed by atoms with E-state index in [4.69, 9.17) is 4.74 Å². The van der Waals surface area contributed by atoms with Crippen molar-refractivity contribution >= 4 is 11.7 Å². The van der Waals surface area contributed by atoms with Gasteiger partial charge in [0, 0.05) is 31.1 Å². The van der Waals surface area contributed by atoms with Crippen LogP contribution in [0.25, 0.3) is 0 Å². The third kappa shape index (κ3) is 3.20. The van der Waals surface area contributed by atoms with Gasteiger partial charge in [-0.25, -0.2) is 0 Å². The zero-order valence-electron chi connectivity index (χ0n) is 12.0. The van der Waals surface area contributed by atoms with Gasteiger partial charge in [0.15, 0.2) is 0 Å². The Balaban J connectivity index is 2.23. The van der Waals surface area contributed by atoms with Gasteiger partial charge in [0.2, 0.25) is 0 Å². The number of nitro groups is 1. The number of nitro benzene ring substituents is 1. The molecule has 114 valence electrons. The fraction of sp³-hybridized carbons (Fsp3) is 0.500. The summed E-state index contributed by atoms with van der Waals surface area (Å²) >= 11 is 0. The van der Waals surface area contributed by atoms with Crippen molar-refractivity contribution in [1.82, 2.24) is 4.90 Å². The number of esters is 1. The van der Waals surface area contributed by atoms with Crippen LogP contribution in [0, 0.1) is 17.0 Å². The van der Waals surface area contributed by atoms with E-state index >= 15 is 0 Å². The normalized spacial score (nSPS) is 22.2. The average Bonchev–Trinajstić information content (AvgIpc) is 2.80. The zero-order chi connectivity index (χ0) is 15.6. The minimum Gasteiger partial charge on any atom is -0.468 e. The number of aliphatic hydroxyl groups is 1. The molecule has 0 bridgehead atoms. The first-order chi connectivity index (χ1) is 9.93. The fourth-order valence-electron chi connectivity index (χ4n) is 2.69. The molecule has 21 heavy (non-hydrogen) atoms. The molecule has 7 nitrogen and oxygen atoms in total. The summed E-state index contributed by atoms with van der Waals surface area (Å²) in [6, 6.07) is 4.36. The Kier molecular flexibility index (Phi) is 4.54. The SMILES string of the molecule is COC(=O)[C@@H]1C[C@@H](O)CN1Cc1cccc([N+](=O)[O-])c1C. The summed E-state index contributed by atoms with van der Waals surface area (Å²) in [6.45, 7) is 2.40. The van der Waals surface area contributed by atoms with Gasteiger partial charge in [0.1, 0.15) is 6.04 Å². The molecule has 1 aromatic rings. The highest BCUT2D eigenvalue weighted by Gasteiger charge is 2.37. The number of carbonyl (C=O) groups excluding carboxylic acids is 1. The molecule has 1 N–H and O–H groups in total. The Bertz CT molecular complexity index is 560. The van der Waals surface area contributed by atoms with Gasteiger partial charge in [0.25, 0.3) is 5.69 Å². The Morgan fingerprint density at radius 2 is 2.29 bits per heavy atom. The number of hydrogen-bond acceptors (Lipinski definition) is 6. The number of β-amino-alcohol motifs (C(OH)–C–C–N with tert-alkyl or cyclic N) is 1. The highest BCUT2D eigenvalue weighted by molar-refractivity contribution is 5.76. The number of methoxy groups -OCH3 is 1. The van der Waals surface area contributed by atoms with E-state index in [0.29, 0.717) is 25.1 Å². The van der Waals surface area contributed by atoms with Crippen molar-refractivity contribution in [1.29, 1.82) is 0 Å². The van der Waals surface area contributed by atoms with E-state index in [0.717, 1.165) is 5.56 Å². The highest BCUT2D eigenvalue weighted by atomic mass is 16.6. The molecule has 0 spiro atoms. The molecular weight excluding hydrogens is 276 g/mol. The molecule has 2 rings (SSSR count). The van der Waals surface area contributed by atoms with Crippen LogP contribution in [0.1, 0.15) is 17.5 Å². The third-order valence-corrected chi connectivity index (χ3v) is 3.84. The van der Waals surface area contributed by atoms with E-state index in [1.807, 2.05) is 0 Å². The molecule has 1 aliphatic heterocycles. The van der Waals surface area contributed by atoms with Crippen molar-refractivity contribution in [3.05, 3.63) is 39.4 Å². The van der Waals surface area contributed by atoms with Gasteiger partial charge in [-0.15, -0.1) is 0 Å². The summed E-state index contributed by atoms with van der Waals surface area (Å²) in [5.74, 6) is -0.394. The predicted octanol–water partition coefficient (Wildman–Crippen LogP) is 1.01. The molecule has 1 saturated heterocycles. The second-order valence-electron chi connectivity index (χ2n) is 5.18. The van der Waals surface area contributed by atoms with E-state index in [2.05, 4.69) is 0 Å². The molecule has 1 aromatic carbocycles. The summed E-state index contributed by atoms with van der Waals surface area (Å²) in [5.41, 5.74) is 1.40. The molecule has 0 aliphatic carbocycles. The predicted molar refractivity (Wildman–Crippen MR) is 74.7 cm³/mol. The van der Waals surface area contributed by atoms with E-state index < -0.39 is 23.0 Å². The largest absolute Gasteiger partial charge is 0.468 e. The standard InChI is InChI=1S/C14H18N2O5/c1-9-10(4-3-5-12(9)16(19)20)7-15-8-11(17)6-13(15)14(18)21-2/h3-5,11,13,17H,6-8H2,1-2H3/t11-,13+/m1/s1. The average molecular weight is 294 g/mol. The Labute approximate surface area is 122 Å². The Morgan fingerprint density at radius 1 is 1.57 bits per heavy atom. The summed E-state index contributed by atoms with van der Waals surface area (Å²) < 4.78 is 4.74. The van der Waals surface area contributed by atoms with E-state index in [-0.39, 0.29) is 5.69 Å². The first-order valence-electron chi connectivity index (χ1n) is 6.67. The molecule has 1 aliphatic rings. The highest BCUT2D eigenvalue weighted by Crippen LogP contribution is 2.26. The van der Waals surface area contributed by atoms with Crippen molar-refractivity contribution in [3.8, 4) is 0 Å². The van der Waals surface area contributed by atoms with Crippen molar-refractivity contribution in [2.45, 2.75) is 32.0 Å². The van der Waals surface area contributed by atoms with Crippen LogP contribution in [-0.2, 0) is 16.1 Å². The number of likely N-dealkylation sites (tertiary alicyclic amines) is 1. The number of benzene rings is 1. The van der Waals surface area contributed by atoms with Gasteiger partial charge in [-0.2, -0.15) is 0 Å². The van der Waals surface area contributed by atoms with Crippen LogP contribution < -0.4 is 0 Å². The van der Waals surface area contributed by atoms with Gasteiger partial charge in [-0.3, -0.25) is 19.8 Å². The van der Waals surface area contributed by atoms with E-state index in [1.165, 1.54) is 13.2 Å². The maximum Gasteiger partial charge on any atom is 0.323 e. The summed E-state index contributed by atoms with van der Waals surface area (Å²) in [7, 11) is 1.31. The lowest BCUT2D eigenvalue weighted by Gasteiger charge is -2.22. The quantitative estimate of drug-likeness (QED) is 0.506.